The molecule has 2 aromatic rings. The Labute approximate surface area is 197 Å². The van der Waals surface area contributed by atoms with E-state index >= 15 is 0 Å². The number of thioether (sulfide) groups is 1. The second-order valence-electron chi connectivity index (χ2n) is 7.15. The molecule has 0 unspecified atom stereocenters. The van der Waals surface area contributed by atoms with E-state index in [1.807, 2.05) is 36.1 Å². The van der Waals surface area contributed by atoms with Crippen LogP contribution in [0.1, 0.15) is 11.3 Å². The normalized spacial score (nSPS) is 20.5. The van der Waals surface area contributed by atoms with Crippen LogP contribution in [0.5, 0.6) is 0 Å². The van der Waals surface area contributed by atoms with Crippen molar-refractivity contribution in [1.82, 2.24) is 15.2 Å². The van der Waals surface area contributed by atoms with Crippen LogP contribution in [0.4, 0.5) is 0 Å². The molecule has 2 aliphatic heterocycles. The fourth-order valence-electron chi connectivity index (χ4n) is 3.50. The number of β-lactam (4-membered cyclic amide) rings is 1. The van der Waals surface area contributed by atoms with Gasteiger partial charge in [0.25, 0.3) is 11.8 Å². The number of carbonyl (C=O) groups excluding carboxylic acids is 3. The third-order valence-corrected chi connectivity index (χ3v) is 6.88. The lowest BCUT2D eigenvalue weighted by atomic mass is 10.0. The van der Waals surface area contributed by atoms with Gasteiger partial charge in [-0.3, -0.25) is 14.5 Å². The first-order valence-corrected chi connectivity index (χ1v) is 11.7. The van der Waals surface area contributed by atoms with E-state index in [-0.39, 0.29) is 11.4 Å². The van der Waals surface area contributed by atoms with Crippen molar-refractivity contribution >= 4 is 52.7 Å². The second kappa shape index (κ2) is 9.55. The molecule has 33 heavy (non-hydrogen) atoms. The lowest BCUT2D eigenvalue weighted by Gasteiger charge is -2.50. The van der Waals surface area contributed by atoms with Gasteiger partial charge in [0.05, 0.1) is 17.2 Å². The summed E-state index contributed by atoms with van der Waals surface area (Å²) >= 11 is 2.64. The summed E-state index contributed by atoms with van der Waals surface area (Å²) in [4.78, 5) is 47.4. The first kappa shape index (κ1) is 22.7. The number of thiazole rings is 1. The smallest absolute Gasteiger partial charge is 0.276 e. The van der Waals surface area contributed by atoms with Crippen LogP contribution < -0.4 is 15.0 Å². The van der Waals surface area contributed by atoms with Crippen LogP contribution >= 0.6 is 23.1 Å². The lowest BCUT2D eigenvalue weighted by Crippen LogP contribution is -2.71. The molecule has 0 spiro atoms. The fraction of sp³-hybridized carbons (Fsp3) is 0.238. The summed E-state index contributed by atoms with van der Waals surface area (Å²) in [7, 11) is 3.18. The number of amides is 2. The van der Waals surface area contributed by atoms with E-state index in [9.17, 15) is 19.5 Å². The summed E-state index contributed by atoms with van der Waals surface area (Å²) < 4.78 is 1.87. The van der Waals surface area contributed by atoms with Crippen molar-refractivity contribution in [1.29, 1.82) is 0 Å². The molecule has 1 N–H and O–H groups in total. The molecule has 10 nitrogen and oxygen atoms in total. The Morgan fingerprint density at radius 2 is 2.24 bits per heavy atom. The maximum Gasteiger partial charge on any atom is 0.276 e. The summed E-state index contributed by atoms with van der Waals surface area (Å²) in [6, 6.07) is 2.85. The molecule has 12 heteroatoms. The largest absolute Gasteiger partial charge is 0.543 e. The zero-order chi connectivity index (χ0) is 23.5. The second-order valence-corrected chi connectivity index (χ2v) is 8.98. The number of allylic oxidation sites excluding steroid dienone is 1. The molecule has 2 aromatic heterocycles. The van der Waals surface area contributed by atoms with Crippen molar-refractivity contribution in [2.45, 2.75) is 11.4 Å². The van der Waals surface area contributed by atoms with Crippen LogP contribution in [0.3, 0.4) is 0 Å². The summed E-state index contributed by atoms with van der Waals surface area (Å²) in [5.74, 6) is -2.28. The number of hydrogen-bond acceptors (Lipinski definition) is 9. The van der Waals surface area contributed by atoms with E-state index in [1.54, 1.807) is 23.0 Å². The minimum atomic E-state index is -1.44. The van der Waals surface area contributed by atoms with Crippen molar-refractivity contribution in [3.05, 3.63) is 64.0 Å². The maximum absolute atomic E-state index is 12.8. The van der Waals surface area contributed by atoms with Crippen LogP contribution in [0.15, 0.2) is 57.9 Å². The van der Waals surface area contributed by atoms with Gasteiger partial charge in [0.1, 0.15) is 31.3 Å². The predicted molar refractivity (Wildman–Crippen MR) is 119 cm³/mol. The summed E-state index contributed by atoms with van der Waals surface area (Å²) in [5, 5.41) is 19.3. The van der Waals surface area contributed by atoms with Crippen molar-refractivity contribution in [3.63, 3.8) is 0 Å². The van der Waals surface area contributed by atoms with Crippen LogP contribution in [-0.4, -0.2) is 57.7 Å². The van der Waals surface area contributed by atoms with Crippen molar-refractivity contribution in [2.75, 3.05) is 12.9 Å². The highest BCUT2D eigenvalue weighted by molar-refractivity contribution is 8.00. The van der Waals surface area contributed by atoms with E-state index in [0.717, 1.165) is 10.5 Å². The Kier molecular flexibility index (Phi) is 6.56. The number of nitrogens with one attached hydrogen (secondary N) is 1. The van der Waals surface area contributed by atoms with E-state index in [1.165, 1.54) is 30.2 Å². The van der Waals surface area contributed by atoms with Gasteiger partial charge in [-0.15, -0.1) is 23.1 Å². The van der Waals surface area contributed by atoms with Gasteiger partial charge >= 0.3 is 0 Å². The van der Waals surface area contributed by atoms with Gasteiger partial charge < -0.3 is 20.1 Å². The Morgan fingerprint density at radius 1 is 1.42 bits per heavy atom. The summed E-state index contributed by atoms with van der Waals surface area (Å²) in [6.07, 6.45) is 7.23. The van der Waals surface area contributed by atoms with Gasteiger partial charge in [-0.1, -0.05) is 11.2 Å². The molecule has 0 aromatic carbocycles. The summed E-state index contributed by atoms with van der Waals surface area (Å²) in [5.41, 5.74) is 2.95. The Hall–Kier alpha value is -3.51. The van der Waals surface area contributed by atoms with Gasteiger partial charge in [-0.05, 0) is 17.7 Å². The number of oxime groups is 1. The Balaban J connectivity index is 1.54. The molecule has 4 heterocycles. The third-order valence-electron chi connectivity index (χ3n) is 4.99. The number of carboxylic acid groups (broad SMARTS) is 1. The van der Waals surface area contributed by atoms with Gasteiger partial charge in [-0.2, -0.15) is 0 Å². The average molecular weight is 486 g/mol. The zero-order valence-corrected chi connectivity index (χ0v) is 19.3. The SMILES string of the molecule is CO/N=C(\C(=O)N[C@@H]1C(=O)N2C(C(=O)[O-])=C(/C=C/c3ccc[n+](C)c3)CS[C@H]12)c1cscn1. The van der Waals surface area contributed by atoms with Gasteiger partial charge in [0, 0.05) is 22.8 Å². The molecule has 0 aliphatic carbocycles. The lowest BCUT2D eigenvalue weighted by molar-refractivity contribution is -0.671. The van der Waals surface area contributed by atoms with Gasteiger partial charge in [0.15, 0.2) is 18.1 Å². The number of aliphatic carboxylic acids is 1. The summed E-state index contributed by atoms with van der Waals surface area (Å²) in [6.45, 7) is 0. The number of carbonyl (C=O) groups is 3. The first-order valence-electron chi connectivity index (χ1n) is 9.74. The molecule has 2 aliphatic rings. The number of rotatable bonds is 7. The molecular formula is C21H19N5O5S2. The number of carboxylic acids is 1. The van der Waals surface area contributed by atoms with Crippen molar-refractivity contribution in [2.24, 2.45) is 12.2 Å². The molecule has 4 rings (SSSR count). The van der Waals surface area contributed by atoms with Gasteiger partial charge in [-0.25, -0.2) is 9.55 Å². The topological polar surface area (TPSA) is 128 Å². The van der Waals surface area contributed by atoms with Crippen LogP contribution in [0.2, 0.25) is 0 Å². The molecule has 0 saturated carbocycles. The van der Waals surface area contributed by atoms with E-state index in [4.69, 9.17) is 4.84 Å². The minimum absolute atomic E-state index is 0.0684. The molecule has 2 amide bonds. The molecule has 0 radical (unpaired) electrons. The fourth-order valence-corrected chi connectivity index (χ4v) is 5.36. The standard InChI is InChI=1S/C21H19N5O5S2/c1-25-7-3-4-12(8-25)5-6-13-9-33-20-16(19(28)26(20)17(13)21(29)30)23-18(27)15(24-31-2)14-10-32-11-22-14/h3-8,10-11,16,20H,9H2,1-2H3,(H-,23,27,29,30)/b6-5+,24-15-/t16-,20-/m1/s1. The van der Waals surface area contributed by atoms with Crippen LogP contribution in [0.25, 0.3) is 6.08 Å². The maximum atomic E-state index is 12.8. The monoisotopic (exact) mass is 485 g/mol. The molecule has 1 fully saturated rings. The third kappa shape index (κ3) is 4.52. The van der Waals surface area contributed by atoms with Crippen molar-refractivity contribution in [3.8, 4) is 0 Å². The molecule has 0 bridgehead atoms. The number of fused-ring (bicyclic) bond motifs is 1. The molecule has 1 saturated heterocycles. The highest BCUT2D eigenvalue weighted by Gasteiger charge is 2.53. The number of aromatic nitrogens is 2. The Morgan fingerprint density at radius 3 is 2.91 bits per heavy atom. The number of pyridine rings is 1. The Bertz CT molecular complexity index is 1190. The molecule has 170 valence electrons. The average Bonchev–Trinajstić information content (AvgIpc) is 3.33. The highest BCUT2D eigenvalue weighted by Crippen LogP contribution is 2.40. The molecular weight excluding hydrogens is 466 g/mol. The first-order chi connectivity index (χ1) is 15.9. The van der Waals surface area contributed by atoms with Gasteiger partial charge in [0.2, 0.25) is 0 Å². The molecule has 2 atom stereocenters. The van der Waals surface area contributed by atoms with Crippen LogP contribution in [-0.2, 0) is 26.3 Å². The quantitative estimate of drug-likeness (QED) is 0.241. The van der Waals surface area contributed by atoms with E-state index in [0.29, 0.717) is 17.0 Å². The zero-order valence-electron chi connectivity index (χ0n) is 17.6. The minimum Gasteiger partial charge on any atom is -0.543 e. The van der Waals surface area contributed by atoms with Crippen LogP contribution in [0, 0.1) is 0 Å². The number of aryl methyl sites for hydroxylation is 1. The van der Waals surface area contributed by atoms with Crippen molar-refractivity contribution < 1.29 is 28.9 Å². The van der Waals surface area contributed by atoms with E-state index in [2.05, 4.69) is 15.5 Å². The number of nitrogens with zero attached hydrogens (tertiary/aromatic N) is 4. The number of hydrogen-bond donors (Lipinski definition) is 1. The van der Waals surface area contributed by atoms with E-state index < -0.39 is 29.2 Å². The predicted octanol–water partition coefficient (Wildman–Crippen LogP) is -0.565. The highest BCUT2D eigenvalue weighted by atomic mass is 32.2.